The molecule has 6 unspecified atom stereocenters. The Labute approximate surface area is 247 Å². The van der Waals surface area contributed by atoms with Crippen molar-refractivity contribution in [2.45, 2.75) is 39.2 Å². The van der Waals surface area contributed by atoms with Gasteiger partial charge in [-0.2, -0.15) is 0 Å². The summed E-state index contributed by atoms with van der Waals surface area (Å²) in [6, 6.07) is 18.6. The minimum absolute atomic E-state index is 0.118. The highest BCUT2D eigenvalue weighted by Crippen LogP contribution is 2.63. The number of aliphatic hydroxyl groups excluding tert-OH is 1. The molecule has 0 spiro atoms. The number of amides is 4. The maximum atomic E-state index is 14.3. The summed E-state index contributed by atoms with van der Waals surface area (Å²) in [7, 11) is 0. The van der Waals surface area contributed by atoms with Crippen molar-refractivity contribution in [2.75, 3.05) is 9.80 Å². The first-order chi connectivity index (χ1) is 20.7. The summed E-state index contributed by atoms with van der Waals surface area (Å²) >= 11 is 0. The molecule has 0 radical (unpaired) electrons. The van der Waals surface area contributed by atoms with Gasteiger partial charge in [0.2, 0.25) is 23.6 Å². The number of ketones is 1. The number of fused-ring (bicyclic) bond motifs is 4. The lowest BCUT2D eigenvalue weighted by Crippen LogP contribution is -2.48. The van der Waals surface area contributed by atoms with Crippen molar-refractivity contribution in [1.29, 1.82) is 0 Å². The molecule has 1 aromatic heterocycles. The molecule has 3 heterocycles. The predicted molar refractivity (Wildman–Crippen MR) is 155 cm³/mol. The predicted octanol–water partition coefficient (Wildman–Crippen LogP) is 4.41. The number of aliphatic hydroxyl groups is 1. The summed E-state index contributed by atoms with van der Waals surface area (Å²) < 4.78 is 6.04. The number of anilines is 2. The van der Waals surface area contributed by atoms with Gasteiger partial charge in [0, 0.05) is 5.56 Å². The van der Waals surface area contributed by atoms with Gasteiger partial charge in [0.25, 0.3) is 0 Å². The molecular formula is C34H30N2O7. The van der Waals surface area contributed by atoms with Gasteiger partial charge in [-0.3, -0.25) is 28.9 Å². The first-order valence-corrected chi connectivity index (χ1v) is 14.5. The van der Waals surface area contributed by atoms with Gasteiger partial charge in [0.1, 0.15) is 18.1 Å². The Morgan fingerprint density at radius 1 is 0.884 bits per heavy atom. The second kappa shape index (κ2) is 9.70. The van der Waals surface area contributed by atoms with Gasteiger partial charge in [0.05, 0.1) is 40.5 Å². The van der Waals surface area contributed by atoms with Crippen molar-refractivity contribution in [1.82, 2.24) is 0 Å². The van der Waals surface area contributed by atoms with E-state index in [2.05, 4.69) is 0 Å². The van der Waals surface area contributed by atoms with E-state index in [0.717, 1.165) is 5.57 Å². The summed E-state index contributed by atoms with van der Waals surface area (Å²) in [5, 5.41) is 9.75. The Morgan fingerprint density at radius 2 is 1.58 bits per heavy atom. The molecule has 3 aromatic rings. The normalized spacial score (nSPS) is 29.8. The van der Waals surface area contributed by atoms with E-state index in [1.54, 1.807) is 67.6 Å². The second-order valence-corrected chi connectivity index (χ2v) is 12.1. The average Bonchev–Trinajstić information content (AvgIpc) is 3.64. The van der Waals surface area contributed by atoms with E-state index in [0.29, 0.717) is 34.9 Å². The van der Waals surface area contributed by atoms with Crippen molar-refractivity contribution in [3.8, 4) is 0 Å². The van der Waals surface area contributed by atoms with Gasteiger partial charge in [0.15, 0.2) is 5.78 Å². The van der Waals surface area contributed by atoms with Crippen LogP contribution in [0.15, 0.2) is 82.8 Å². The molecule has 2 aliphatic heterocycles. The molecule has 2 aliphatic carbocycles. The highest BCUT2D eigenvalue weighted by molar-refractivity contribution is 6.25. The van der Waals surface area contributed by atoms with Crippen LogP contribution in [0.2, 0.25) is 0 Å². The molecule has 2 saturated heterocycles. The molecule has 0 bridgehead atoms. The molecule has 4 aliphatic rings. The molecule has 4 amide bonds. The largest absolute Gasteiger partial charge is 0.463 e. The number of benzene rings is 2. The summed E-state index contributed by atoms with van der Waals surface area (Å²) in [6.45, 7) is 2.92. The lowest BCUT2D eigenvalue weighted by atomic mass is 9.52. The van der Waals surface area contributed by atoms with Gasteiger partial charge in [-0.15, -0.1) is 0 Å². The maximum absolute atomic E-state index is 14.3. The standard InChI is InChI=1S/C34H30N2O7/c1-18(38)19-8-10-21(11-9-19)35-30(39)24-14-13-23-25(28(24)32(35)41)16-26-31(40)36(20-6-4-3-5-7-20)33(42)34(26,2)29(23)27-15-12-22(17-37)43-27/h3-13,15,24-26,28-29,37H,14,16-17H2,1-2H3. The van der Waals surface area contributed by atoms with Crippen LogP contribution in [0.5, 0.6) is 0 Å². The van der Waals surface area contributed by atoms with Crippen molar-refractivity contribution >= 4 is 40.8 Å². The third kappa shape index (κ3) is 3.77. The van der Waals surface area contributed by atoms with Crippen molar-refractivity contribution < 1.29 is 33.5 Å². The quantitative estimate of drug-likeness (QED) is 0.270. The Balaban J connectivity index is 1.33. The van der Waals surface area contributed by atoms with Crippen molar-refractivity contribution in [3.63, 3.8) is 0 Å². The van der Waals surface area contributed by atoms with Crippen molar-refractivity contribution in [2.24, 2.45) is 29.1 Å². The number of hydrogen-bond acceptors (Lipinski definition) is 7. The van der Waals surface area contributed by atoms with E-state index in [4.69, 9.17) is 4.42 Å². The molecular weight excluding hydrogens is 548 g/mol. The Kier molecular flexibility index (Phi) is 6.14. The number of furan rings is 1. The fourth-order valence-corrected chi connectivity index (χ4v) is 7.87. The van der Waals surface area contributed by atoms with Crippen LogP contribution in [0.4, 0.5) is 11.4 Å². The average molecular weight is 579 g/mol. The van der Waals surface area contributed by atoms with Crippen LogP contribution in [0, 0.1) is 29.1 Å². The monoisotopic (exact) mass is 578 g/mol. The Hall–Kier alpha value is -4.63. The van der Waals surface area contributed by atoms with Crippen LogP contribution >= 0.6 is 0 Å². The third-order valence-electron chi connectivity index (χ3n) is 9.94. The highest BCUT2D eigenvalue weighted by Gasteiger charge is 2.68. The molecule has 2 aromatic carbocycles. The fraction of sp³-hybridized carbons (Fsp3) is 0.324. The number of imide groups is 2. The molecule has 1 N–H and O–H groups in total. The van der Waals surface area contributed by atoms with Gasteiger partial charge in [-0.05, 0) is 81.1 Å². The van der Waals surface area contributed by atoms with Gasteiger partial charge >= 0.3 is 0 Å². The Bertz CT molecular complexity index is 1720. The minimum Gasteiger partial charge on any atom is -0.463 e. The number of para-hydroxylation sites is 1. The number of Topliss-reactive ketones (excluding diaryl/α,β-unsaturated/α-hetero) is 1. The topological polar surface area (TPSA) is 125 Å². The minimum atomic E-state index is -1.21. The zero-order chi connectivity index (χ0) is 30.2. The van der Waals surface area contributed by atoms with Crippen LogP contribution < -0.4 is 9.80 Å². The van der Waals surface area contributed by atoms with E-state index in [9.17, 15) is 29.1 Å². The first-order valence-electron chi connectivity index (χ1n) is 14.5. The van der Waals surface area contributed by atoms with Gasteiger partial charge in [-0.25, -0.2) is 4.90 Å². The first kappa shape index (κ1) is 27.2. The molecule has 3 fully saturated rings. The second-order valence-electron chi connectivity index (χ2n) is 12.1. The zero-order valence-corrected chi connectivity index (χ0v) is 23.7. The number of hydrogen-bond donors (Lipinski definition) is 1. The van der Waals surface area contributed by atoms with E-state index in [1.165, 1.54) is 16.7 Å². The molecule has 43 heavy (non-hydrogen) atoms. The molecule has 9 heteroatoms. The SMILES string of the molecule is CC(=O)c1ccc(N2C(=O)C3CC=C4C(CC5C(=O)N(c6ccccc6)C(=O)C5(C)C4c4ccc(CO)o4)C3C2=O)cc1. The lowest BCUT2D eigenvalue weighted by Gasteiger charge is -2.48. The number of rotatable bonds is 5. The number of carbonyl (C=O) groups excluding carboxylic acids is 5. The van der Waals surface area contributed by atoms with Crippen LogP contribution in [-0.2, 0) is 25.8 Å². The van der Waals surface area contributed by atoms with Crippen LogP contribution in [0.1, 0.15) is 54.5 Å². The smallest absolute Gasteiger partial charge is 0.241 e. The van der Waals surface area contributed by atoms with E-state index in [-0.39, 0.29) is 42.4 Å². The molecule has 218 valence electrons. The zero-order valence-electron chi connectivity index (χ0n) is 23.7. The fourth-order valence-electron chi connectivity index (χ4n) is 7.87. The van der Waals surface area contributed by atoms with Crippen LogP contribution in [-0.4, -0.2) is 34.5 Å². The van der Waals surface area contributed by atoms with Crippen molar-refractivity contribution in [3.05, 3.63) is 95.5 Å². The number of allylic oxidation sites excluding steroid dienone is 2. The number of nitrogens with zero attached hydrogens (tertiary/aromatic N) is 2. The van der Waals surface area contributed by atoms with Gasteiger partial charge < -0.3 is 9.52 Å². The molecule has 6 atom stereocenters. The van der Waals surface area contributed by atoms with E-state index in [1.807, 2.05) is 12.1 Å². The van der Waals surface area contributed by atoms with Crippen LogP contribution in [0.25, 0.3) is 0 Å². The summed E-state index contributed by atoms with van der Waals surface area (Å²) in [4.78, 5) is 70.5. The summed E-state index contributed by atoms with van der Waals surface area (Å²) in [6.07, 6.45) is 2.49. The van der Waals surface area contributed by atoms with Crippen LogP contribution in [0.3, 0.4) is 0 Å². The third-order valence-corrected chi connectivity index (χ3v) is 9.94. The summed E-state index contributed by atoms with van der Waals surface area (Å²) in [5.74, 6) is -3.94. The Morgan fingerprint density at radius 3 is 2.23 bits per heavy atom. The van der Waals surface area contributed by atoms with E-state index >= 15 is 0 Å². The van der Waals surface area contributed by atoms with Gasteiger partial charge in [-0.1, -0.05) is 29.8 Å². The molecule has 7 rings (SSSR count). The maximum Gasteiger partial charge on any atom is 0.241 e. The molecule has 9 nitrogen and oxygen atoms in total. The highest BCUT2D eigenvalue weighted by atomic mass is 16.4. The van der Waals surface area contributed by atoms with E-state index < -0.39 is 35.0 Å². The molecule has 1 saturated carbocycles. The number of carbonyl (C=O) groups is 5. The summed E-state index contributed by atoms with van der Waals surface area (Å²) in [5.41, 5.74) is 0.954. The lowest BCUT2D eigenvalue weighted by molar-refractivity contribution is -0.131.